The predicted octanol–water partition coefficient (Wildman–Crippen LogP) is 2.59. The van der Waals surface area contributed by atoms with Crippen molar-refractivity contribution in [1.29, 1.82) is 0 Å². The number of halogens is 1. The normalized spacial score (nSPS) is 12.8. The summed E-state index contributed by atoms with van der Waals surface area (Å²) in [5, 5.41) is 0.748. The Morgan fingerprint density at radius 3 is 2.79 bits per heavy atom. The van der Waals surface area contributed by atoms with Gasteiger partial charge in [-0.25, -0.2) is 0 Å². The fourth-order valence-electron chi connectivity index (χ4n) is 1.05. The predicted molar refractivity (Wildman–Crippen MR) is 59.4 cm³/mol. The lowest BCUT2D eigenvalue weighted by atomic mass is 10.2. The van der Waals surface area contributed by atoms with Gasteiger partial charge in [0.1, 0.15) is 0 Å². The van der Waals surface area contributed by atoms with Gasteiger partial charge in [0.05, 0.1) is 13.2 Å². The molecule has 1 aromatic carbocycles. The standard InChI is InChI=1S/C11H16ClNO/c1-2-10(13)8-14-7-9-5-3-4-6-11(9)12/h3-6,10H,2,7-8,13H2,1H3/t10-/m1/s1. The Morgan fingerprint density at radius 2 is 2.14 bits per heavy atom. The number of hydrogen-bond acceptors (Lipinski definition) is 2. The van der Waals surface area contributed by atoms with Crippen molar-refractivity contribution >= 4 is 11.6 Å². The van der Waals surface area contributed by atoms with E-state index in [9.17, 15) is 0 Å². The van der Waals surface area contributed by atoms with Crippen LogP contribution in [0.5, 0.6) is 0 Å². The van der Waals surface area contributed by atoms with Crippen LogP contribution in [0.1, 0.15) is 18.9 Å². The van der Waals surface area contributed by atoms with Crippen LogP contribution >= 0.6 is 11.6 Å². The average Bonchev–Trinajstić information content (AvgIpc) is 2.20. The van der Waals surface area contributed by atoms with E-state index in [-0.39, 0.29) is 6.04 Å². The van der Waals surface area contributed by atoms with E-state index in [1.807, 2.05) is 31.2 Å². The molecule has 0 bridgehead atoms. The first-order chi connectivity index (χ1) is 6.74. The van der Waals surface area contributed by atoms with Gasteiger partial charge in [-0.2, -0.15) is 0 Å². The van der Waals surface area contributed by atoms with Crippen LogP contribution in [0, 0.1) is 0 Å². The fourth-order valence-corrected chi connectivity index (χ4v) is 1.24. The molecule has 0 radical (unpaired) electrons. The van der Waals surface area contributed by atoms with E-state index in [4.69, 9.17) is 22.1 Å². The van der Waals surface area contributed by atoms with E-state index < -0.39 is 0 Å². The molecule has 0 saturated heterocycles. The van der Waals surface area contributed by atoms with Gasteiger partial charge < -0.3 is 10.5 Å². The third-order valence-corrected chi connectivity index (χ3v) is 2.44. The van der Waals surface area contributed by atoms with Crippen LogP contribution in [0.4, 0.5) is 0 Å². The van der Waals surface area contributed by atoms with Crippen molar-refractivity contribution in [3.63, 3.8) is 0 Å². The maximum atomic E-state index is 5.96. The third kappa shape index (κ3) is 3.66. The van der Waals surface area contributed by atoms with Crippen LogP contribution in [0.3, 0.4) is 0 Å². The van der Waals surface area contributed by atoms with Gasteiger partial charge in [-0.05, 0) is 18.1 Å². The number of rotatable bonds is 5. The maximum absolute atomic E-state index is 5.96. The first kappa shape index (κ1) is 11.5. The third-order valence-electron chi connectivity index (χ3n) is 2.07. The smallest absolute Gasteiger partial charge is 0.0732 e. The molecule has 0 amide bonds. The second kappa shape index (κ2) is 6.02. The highest BCUT2D eigenvalue weighted by molar-refractivity contribution is 6.31. The van der Waals surface area contributed by atoms with Crippen molar-refractivity contribution in [3.05, 3.63) is 34.9 Å². The van der Waals surface area contributed by atoms with E-state index >= 15 is 0 Å². The lowest BCUT2D eigenvalue weighted by molar-refractivity contribution is 0.107. The molecule has 0 aliphatic carbocycles. The van der Waals surface area contributed by atoms with Crippen molar-refractivity contribution in [3.8, 4) is 0 Å². The summed E-state index contributed by atoms with van der Waals surface area (Å²) in [4.78, 5) is 0. The van der Waals surface area contributed by atoms with Gasteiger partial charge in [-0.3, -0.25) is 0 Å². The Kier molecular flexibility index (Phi) is 4.94. The zero-order valence-electron chi connectivity index (χ0n) is 8.37. The van der Waals surface area contributed by atoms with Crippen LogP contribution in [0.25, 0.3) is 0 Å². The van der Waals surface area contributed by atoms with E-state index in [1.165, 1.54) is 0 Å². The van der Waals surface area contributed by atoms with Crippen molar-refractivity contribution in [2.75, 3.05) is 6.61 Å². The monoisotopic (exact) mass is 213 g/mol. The summed E-state index contributed by atoms with van der Waals surface area (Å²) in [6.07, 6.45) is 0.933. The molecular formula is C11H16ClNO. The number of hydrogen-bond donors (Lipinski definition) is 1. The number of nitrogens with two attached hydrogens (primary N) is 1. The lowest BCUT2D eigenvalue weighted by Gasteiger charge is -2.10. The van der Waals surface area contributed by atoms with Crippen LogP contribution in [0.2, 0.25) is 5.02 Å². The molecule has 78 valence electrons. The Morgan fingerprint density at radius 1 is 1.43 bits per heavy atom. The Labute approximate surface area is 90.0 Å². The van der Waals surface area contributed by atoms with Crippen LogP contribution < -0.4 is 5.73 Å². The van der Waals surface area contributed by atoms with Gasteiger partial charge in [-0.1, -0.05) is 36.7 Å². The Hall–Kier alpha value is -0.570. The van der Waals surface area contributed by atoms with Crippen LogP contribution in [-0.4, -0.2) is 12.6 Å². The first-order valence-corrected chi connectivity index (χ1v) is 5.18. The van der Waals surface area contributed by atoms with Gasteiger partial charge >= 0.3 is 0 Å². The molecule has 14 heavy (non-hydrogen) atoms. The summed E-state index contributed by atoms with van der Waals surface area (Å²) in [5.74, 6) is 0. The minimum atomic E-state index is 0.123. The molecule has 1 aromatic rings. The van der Waals surface area contributed by atoms with Gasteiger partial charge in [0.15, 0.2) is 0 Å². The largest absolute Gasteiger partial charge is 0.375 e. The van der Waals surface area contributed by atoms with Gasteiger partial charge in [0, 0.05) is 11.1 Å². The molecule has 2 nitrogen and oxygen atoms in total. The van der Waals surface area contributed by atoms with Gasteiger partial charge in [0.2, 0.25) is 0 Å². The topological polar surface area (TPSA) is 35.2 Å². The Balaban J connectivity index is 2.35. The van der Waals surface area contributed by atoms with Gasteiger partial charge in [0.25, 0.3) is 0 Å². The van der Waals surface area contributed by atoms with Crippen molar-refractivity contribution < 1.29 is 4.74 Å². The highest BCUT2D eigenvalue weighted by Gasteiger charge is 2.01. The first-order valence-electron chi connectivity index (χ1n) is 4.80. The molecule has 0 aliphatic rings. The average molecular weight is 214 g/mol. The zero-order valence-corrected chi connectivity index (χ0v) is 9.13. The molecule has 0 fully saturated rings. The van der Waals surface area contributed by atoms with E-state index in [0.717, 1.165) is 17.0 Å². The minimum Gasteiger partial charge on any atom is -0.375 e. The summed E-state index contributed by atoms with van der Waals surface area (Å²) in [6.45, 7) is 3.17. The van der Waals surface area contributed by atoms with Crippen molar-refractivity contribution in [2.24, 2.45) is 5.73 Å². The summed E-state index contributed by atoms with van der Waals surface area (Å²) in [5.41, 5.74) is 6.73. The zero-order chi connectivity index (χ0) is 10.4. The fraction of sp³-hybridized carbons (Fsp3) is 0.455. The highest BCUT2D eigenvalue weighted by Crippen LogP contribution is 2.15. The second-order valence-corrected chi connectivity index (χ2v) is 3.68. The van der Waals surface area contributed by atoms with Crippen LogP contribution in [0.15, 0.2) is 24.3 Å². The quantitative estimate of drug-likeness (QED) is 0.816. The molecule has 1 atom stereocenters. The molecule has 1 rings (SSSR count). The number of benzene rings is 1. The van der Waals surface area contributed by atoms with E-state index in [2.05, 4.69) is 0 Å². The summed E-state index contributed by atoms with van der Waals surface area (Å²) in [7, 11) is 0. The molecule has 2 N–H and O–H groups in total. The summed E-state index contributed by atoms with van der Waals surface area (Å²) < 4.78 is 5.44. The SMILES string of the molecule is CC[C@@H](N)COCc1ccccc1Cl. The molecule has 3 heteroatoms. The maximum Gasteiger partial charge on any atom is 0.0732 e. The highest BCUT2D eigenvalue weighted by atomic mass is 35.5. The number of ether oxygens (including phenoxy) is 1. The summed E-state index contributed by atoms with van der Waals surface area (Å²) in [6, 6.07) is 7.80. The van der Waals surface area contributed by atoms with Crippen LogP contribution in [-0.2, 0) is 11.3 Å². The molecule has 0 spiro atoms. The minimum absolute atomic E-state index is 0.123. The van der Waals surface area contributed by atoms with Crippen molar-refractivity contribution in [1.82, 2.24) is 0 Å². The van der Waals surface area contributed by atoms with Gasteiger partial charge in [-0.15, -0.1) is 0 Å². The summed E-state index contributed by atoms with van der Waals surface area (Å²) >= 11 is 5.96. The molecular weight excluding hydrogens is 198 g/mol. The Bertz CT molecular complexity index is 278. The molecule has 0 heterocycles. The molecule has 0 saturated carbocycles. The lowest BCUT2D eigenvalue weighted by Crippen LogP contribution is -2.24. The molecule has 0 unspecified atom stereocenters. The van der Waals surface area contributed by atoms with Crippen molar-refractivity contribution in [2.45, 2.75) is 26.0 Å². The molecule has 0 aromatic heterocycles. The van der Waals surface area contributed by atoms with E-state index in [1.54, 1.807) is 0 Å². The molecule has 0 aliphatic heterocycles. The van der Waals surface area contributed by atoms with E-state index in [0.29, 0.717) is 13.2 Å². The second-order valence-electron chi connectivity index (χ2n) is 3.27.